The first-order chi connectivity index (χ1) is 15.9. The second-order valence-corrected chi connectivity index (χ2v) is 11.3. The minimum Gasteiger partial charge on any atom is -0.368 e. The van der Waals surface area contributed by atoms with E-state index in [9.17, 15) is 9.47 Å². The van der Waals surface area contributed by atoms with Crippen molar-refractivity contribution in [3.8, 4) is 6.07 Å². The summed E-state index contributed by atoms with van der Waals surface area (Å²) in [5.74, 6) is 3.77. The average Bonchev–Trinajstić information content (AvgIpc) is 3.43. The fourth-order valence-electron chi connectivity index (χ4n) is 4.88. The number of nitrogens with one attached hydrogen (secondary N) is 1. The molecule has 2 aromatic heterocycles. The molecule has 7 heteroatoms. The van der Waals surface area contributed by atoms with Crippen LogP contribution in [0.1, 0.15) is 17.5 Å². The quantitative estimate of drug-likeness (QED) is 0.445. The van der Waals surface area contributed by atoms with E-state index in [0.717, 1.165) is 56.5 Å². The highest BCUT2D eigenvalue weighted by molar-refractivity contribution is 7.98. The predicted molar refractivity (Wildman–Crippen MR) is 139 cm³/mol. The van der Waals surface area contributed by atoms with Crippen molar-refractivity contribution in [3.63, 3.8) is 0 Å². The zero-order chi connectivity index (χ0) is 23.0. The van der Waals surface area contributed by atoms with Gasteiger partial charge in [-0.15, -0.1) is 0 Å². The fraction of sp³-hybridized carbons (Fsp3) is 0.308. The number of hydrogen-bond acceptors (Lipinski definition) is 4. The van der Waals surface area contributed by atoms with Crippen molar-refractivity contribution in [1.82, 2.24) is 13.9 Å². The van der Waals surface area contributed by atoms with Gasteiger partial charge in [0.05, 0.1) is 11.1 Å². The van der Waals surface area contributed by atoms with Crippen LogP contribution in [-0.4, -0.2) is 62.9 Å². The van der Waals surface area contributed by atoms with E-state index in [4.69, 9.17) is 0 Å². The first-order valence-corrected chi connectivity index (χ1v) is 13.4. The Balaban J connectivity index is 1.19. The lowest BCUT2D eigenvalue weighted by molar-refractivity contribution is 0.255. The number of nitriles is 1. The molecule has 1 atom stereocenters. The zero-order valence-corrected chi connectivity index (χ0v) is 19.8. The summed E-state index contributed by atoms with van der Waals surface area (Å²) < 4.78 is 14.1. The Bertz CT molecular complexity index is 1450. The lowest BCUT2D eigenvalue weighted by Gasteiger charge is -2.36. The smallest absolute Gasteiger partial charge is 0.101 e. The van der Waals surface area contributed by atoms with Gasteiger partial charge in [0.2, 0.25) is 0 Å². The third-order valence-corrected chi connectivity index (χ3v) is 7.73. The van der Waals surface area contributed by atoms with Crippen LogP contribution in [0.2, 0.25) is 0 Å². The molecule has 3 heterocycles. The van der Waals surface area contributed by atoms with Gasteiger partial charge in [-0.05, 0) is 61.2 Å². The normalized spacial score (nSPS) is 16.8. The Morgan fingerprint density at radius 1 is 1.12 bits per heavy atom. The molecule has 0 radical (unpaired) electrons. The van der Waals surface area contributed by atoms with E-state index in [-0.39, 0.29) is 0 Å². The Morgan fingerprint density at radius 3 is 2.70 bits per heavy atom. The number of nitrogens with zero attached hydrogens (tertiary/aromatic N) is 4. The van der Waals surface area contributed by atoms with E-state index in [1.807, 2.05) is 12.3 Å². The molecule has 1 saturated heterocycles. The summed E-state index contributed by atoms with van der Waals surface area (Å²) in [6, 6.07) is 17.0. The lowest BCUT2D eigenvalue weighted by Crippen LogP contribution is -2.46. The number of fused-ring (bicyclic) bond motifs is 2. The van der Waals surface area contributed by atoms with Gasteiger partial charge in [0.25, 0.3) is 0 Å². The molecule has 0 amide bonds. The van der Waals surface area contributed by atoms with E-state index in [0.29, 0.717) is 5.56 Å². The lowest BCUT2D eigenvalue weighted by atomic mass is 10.1. The molecule has 2 aromatic carbocycles. The number of rotatable bonds is 6. The number of H-pyrrole nitrogens is 1. The van der Waals surface area contributed by atoms with Crippen molar-refractivity contribution in [3.05, 3.63) is 66.0 Å². The zero-order valence-electron chi connectivity index (χ0n) is 19.0. The van der Waals surface area contributed by atoms with Gasteiger partial charge in [0.15, 0.2) is 0 Å². The highest BCUT2D eigenvalue weighted by atomic mass is 32.2. The van der Waals surface area contributed by atoms with Gasteiger partial charge in [0, 0.05) is 76.5 Å². The third-order valence-electron chi connectivity index (χ3n) is 6.60. The minimum absolute atomic E-state index is 0.554. The maximum absolute atomic E-state index is 12.5. The van der Waals surface area contributed by atoms with Crippen LogP contribution >= 0.6 is 0 Å². The van der Waals surface area contributed by atoms with Crippen LogP contribution in [0.15, 0.2) is 54.9 Å². The molecule has 0 saturated carbocycles. The summed E-state index contributed by atoms with van der Waals surface area (Å²) in [5, 5.41) is 11.7. The first-order valence-electron chi connectivity index (χ1n) is 11.3. The van der Waals surface area contributed by atoms with Gasteiger partial charge in [0.1, 0.15) is 6.07 Å². The molecule has 0 bridgehead atoms. The van der Waals surface area contributed by atoms with Crippen LogP contribution in [0.5, 0.6) is 0 Å². The van der Waals surface area contributed by atoms with E-state index in [1.54, 1.807) is 16.4 Å². The average molecular weight is 460 g/mol. The van der Waals surface area contributed by atoms with Gasteiger partial charge in [-0.3, -0.25) is 8.87 Å². The van der Waals surface area contributed by atoms with Crippen LogP contribution in [0.25, 0.3) is 21.8 Å². The fourth-order valence-corrected chi connectivity index (χ4v) is 5.78. The molecule has 1 unspecified atom stereocenters. The number of piperazine rings is 1. The molecule has 5 rings (SSSR count). The molecule has 0 spiro atoms. The highest BCUT2D eigenvalue weighted by Crippen LogP contribution is 2.27. The second-order valence-electron chi connectivity index (χ2n) is 8.94. The Morgan fingerprint density at radius 2 is 1.94 bits per heavy atom. The van der Waals surface area contributed by atoms with Gasteiger partial charge in [-0.25, -0.2) is 4.21 Å². The van der Waals surface area contributed by atoms with E-state index < -0.39 is 9.71 Å². The van der Waals surface area contributed by atoms with E-state index in [1.165, 1.54) is 22.2 Å². The van der Waals surface area contributed by atoms with Crippen LogP contribution < -0.4 is 4.90 Å². The number of anilines is 1. The number of benzene rings is 2. The minimum atomic E-state index is -2.44. The van der Waals surface area contributed by atoms with E-state index >= 15 is 0 Å². The SMILES string of the molecule is C=S(C)(=O)n1cc(C#N)c2cc(CCCN3CCN(c4cccc5[nH]ccc45)CC3)ccc21. The Kier molecular flexibility index (Phi) is 5.65. The monoisotopic (exact) mass is 459 g/mol. The number of hydrogen-bond donors (Lipinski definition) is 1. The van der Waals surface area contributed by atoms with Crippen molar-refractivity contribution < 1.29 is 4.21 Å². The van der Waals surface area contributed by atoms with Gasteiger partial charge >= 0.3 is 0 Å². The second kappa shape index (κ2) is 8.62. The molecule has 1 aliphatic rings. The van der Waals surface area contributed by atoms with Crippen molar-refractivity contribution in [2.75, 3.05) is 43.9 Å². The molecular formula is C26H29N5OS. The molecule has 1 N–H and O–H groups in total. The van der Waals surface area contributed by atoms with Crippen LogP contribution in [-0.2, 0) is 16.1 Å². The summed E-state index contributed by atoms with van der Waals surface area (Å²) in [6.07, 6.45) is 7.30. The van der Waals surface area contributed by atoms with Gasteiger partial charge < -0.3 is 9.88 Å². The van der Waals surface area contributed by atoms with Crippen molar-refractivity contribution in [2.45, 2.75) is 12.8 Å². The van der Waals surface area contributed by atoms with Crippen LogP contribution in [0, 0.1) is 11.3 Å². The topological polar surface area (TPSA) is 68.1 Å². The molecule has 6 nitrogen and oxygen atoms in total. The van der Waals surface area contributed by atoms with Crippen molar-refractivity contribution in [2.24, 2.45) is 0 Å². The largest absolute Gasteiger partial charge is 0.368 e. The summed E-state index contributed by atoms with van der Waals surface area (Å²) in [4.78, 5) is 8.33. The summed E-state index contributed by atoms with van der Waals surface area (Å²) in [6.45, 7) is 5.27. The summed E-state index contributed by atoms with van der Waals surface area (Å²) in [7, 11) is -2.44. The Hall–Kier alpha value is -3.21. The third kappa shape index (κ3) is 4.24. The highest BCUT2D eigenvalue weighted by Gasteiger charge is 2.19. The van der Waals surface area contributed by atoms with Crippen molar-refractivity contribution >= 4 is 43.1 Å². The first kappa shape index (κ1) is 21.6. The van der Waals surface area contributed by atoms with Crippen LogP contribution in [0.3, 0.4) is 0 Å². The maximum Gasteiger partial charge on any atom is 0.101 e. The standard InChI is InChI=1S/C26H29N5OS/c1-33(2,32)31-19-21(18-27)23-17-20(8-9-26(23)31)5-4-12-29-13-15-30(16-14-29)25-7-3-6-24-22(25)10-11-28-24/h3,6-11,17,19,28H,1,4-5,12-16H2,2H3. The number of aromatic nitrogens is 2. The predicted octanol–water partition coefficient (Wildman–Crippen LogP) is 3.86. The maximum atomic E-state index is 12.5. The number of aryl methyl sites for hydroxylation is 1. The van der Waals surface area contributed by atoms with Crippen LogP contribution in [0.4, 0.5) is 5.69 Å². The molecule has 33 heavy (non-hydrogen) atoms. The van der Waals surface area contributed by atoms with Gasteiger partial charge in [-0.1, -0.05) is 12.1 Å². The molecule has 4 aromatic rings. The molecule has 1 aliphatic heterocycles. The van der Waals surface area contributed by atoms with Gasteiger partial charge in [-0.2, -0.15) is 5.26 Å². The molecular weight excluding hydrogens is 430 g/mol. The molecule has 0 aliphatic carbocycles. The molecule has 1 fully saturated rings. The van der Waals surface area contributed by atoms with Crippen molar-refractivity contribution in [1.29, 1.82) is 5.26 Å². The summed E-state index contributed by atoms with van der Waals surface area (Å²) in [5.41, 5.74) is 5.09. The van der Waals surface area contributed by atoms with E-state index in [2.05, 4.69) is 63.1 Å². The number of aromatic amines is 1. The Labute approximate surface area is 195 Å². The molecule has 170 valence electrons. The summed E-state index contributed by atoms with van der Waals surface area (Å²) >= 11 is 0.